The molecule has 0 bridgehead atoms. The smallest absolute Gasteiger partial charge is 0.248 e. The molecule has 0 aliphatic heterocycles. The van der Waals surface area contributed by atoms with Gasteiger partial charge in [0.25, 0.3) is 0 Å². The van der Waals surface area contributed by atoms with Gasteiger partial charge in [0, 0.05) is 0 Å². The summed E-state index contributed by atoms with van der Waals surface area (Å²) in [6.45, 7) is 3.22. The number of likely N-dealkylation sites (N-methyl/N-ethyl adjacent to an activating group) is 1. The minimum Gasteiger partial charge on any atom is -0.542 e. The van der Waals surface area contributed by atoms with Crippen LogP contribution < -0.4 is 10.4 Å². The molecule has 0 aromatic carbocycles. The molecule has 0 radical (unpaired) electrons. The summed E-state index contributed by atoms with van der Waals surface area (Å²) in [6.07, 6.45) is -0.0449. The first-order chi connectivity index (χ1) is 5.79. The Morgan fingerprint density at radius 2 is 1.92 bits per heavy atom. The molecule has 1 unspecified atom stereocenters. The number of aliphatic carboxylic acids is 1. The van der Waals surface area contributed by atoms with E-state index in [-0.39, 0.29) is 4.48 Å². The molecular formula is C8H14N2O3. The largest absolute Gasteiger partial charge is 0.542 e. The van der Waals surface area contributed by atoms with E-state index in [0.29, 0.717) is 0 Å². The van der Waals surface area contributed by atoms with Gasteiger partial charge in [-0.2, -0.15) is 0 Å². The molecule has 13 heavy (non-hydrogen) atoms. The van der Waals surface area contributed by atoms with Gasteiger partial charge in [0.1, 0.15) is 5.97 Å². The van der Waals surface area contributed by atoms with Gasteiger partial charge in [-0.1, -0.05) is 6.58 Å². The molecule has 1 atom stereocenters. The van der Waals surface area contributed by atoms with E-state index in [0.717, 1.165) is 6.08 Å². The lowest BCUT2D eigenvalue weighted by atomic mass is 10.4. The summed E-state index contributed by atoms with van der Waals surface area (Å²) in [4.78, 5) is 21.5. The van der Waals surface area contributed by atoms with E-state index in [1.165, 1.54) is 0 Å². The molecule has 5 heteroatoms. The zero-order chi connectivity index (χ0) is 10.6. The quantitative estimate of drug-likeness (QED) is 0.316. The Hall–Kier alpha value is -1.36. The van der Waals surface area contributed by atoms with Crippen LogP contribution >= 0.6 is 0 Å². The summed E-state index contributed by atoms with van der Waals surface area (Å²) >= 11 is 0. The second-order valence-corrected chi connectivity index (χ2v) is 3.55. The number of nitrogens with zero attached hydrogens (tertiary/aromatic N) is 1. The van der Waals surface area contributed by atoms with Crippen LogP contribution in [0.1, 0.15) is 0 Å². The van der Waals surface area contributed by atoms with Gasteiger partial charge >= 0.3 is 0 Å². The van der Waals surface area contributed by atoms with Crippen LogP contribution in [-0.2, 0) is 9.59 Å². The number of carboxylic acid groups (broad SMARTS) is 1. The van der Waals surface area contributed by atoms with Crippen LogP contribution in [0.3, 0.4) is 0 Å². The highest BCUT2D eigenvalue weighted by Crippen LogP contribution is 1.98. The van der Waals surface area contributed by atoms with Gasteiger partial charge in [0.15, 0.2) is 0 Å². The highest BCUT2D eigenvalue weighted by Gasteiger charge is 2.25. The second kappa shape index (κ2) is 4.04. The Morgan fingerprint density at radius 3 is 2.15 bits per heavy atom. The van der Waals surface area contributed by atoms with E-state index in [4.69, 9.17) is 0 Å². The predicted molar refractivity (Wildman–Crippen MR) is 45.2 cm³/mol. The number of carbonyl (C=O) groups is 2. The van der Waals surface area contributed by atoms with Gasteiger partial charge in [-0.05, 0) is 6.08 Å². The molecule has 0 saturated heterocycles. The van der Waals surface area contributed by atoms with Crippen molar-refractivity contribution in [2.75, 3.05) is 21.1 Å². The van der Waals surface area contributed by atoms with Crippen molar-refractivity contribution in [1.29, 1.82) is 0 Å². The van der Waals surface area contributed by atoms with E-state index in [1.807, 2.05) is 0 Å². The monoisotopic (exact) mass is 186 g/mol. The molecule has 1 N–H and O–H groups in total. The summed E-state index contributed by atoms with van der Waals surface area (Å²) in [5.74, 6) is -1.84. The fourth-order valence-electron chi connectivity index (χ4n) is 0.762. The van der Waals surface area contributed by atoms with E-state index < -0.39 is 18.0 Å². The molecule has 0 heterocycles. The first kappa shape index (κ1) is 11.6. The van der Waals surface area contributed by atoms with Crippen LogP contribution in [0.4, 0.5) is 0 Å². The second-order valence-electron chi connectivity index (χ2n) is 3.55. The van der Waals surface area contributed by atoms with E-state index in [2.05, 4.69) is 11.9 Å². The van der Waals surface area contributed by atoms with Crippen LogP contribution in [0.25, 0.3) is 0 Å². The maximum atomic E-state index is 10.8. The van der Waals surface area contributed by atoms with Crippen LogP contribution in [0, 0.1) is 0 Å². The average Bonchev–Trinajstić information content (AvgIpc) is 1.96. The van der Waals surface area contributed by atoms with Gasteiger partial charge in [-0.25, -0.2) is 0 Å². The number of amides is 1. The van der Waals surface area contributed by atoms with Crippen molar-refractivity contribution >= 4 is 11.9 Å². The minimum atomic E-state index is -1.32. The molecule has 5 nitrogen and oxygen atoms in total. The van der Waals surface area contributed by atoms with Crippen molar-refractivity contribution < 1.29 is 19.2 Å². The van der Waals surface area contributed by atoms with Gasteiger partial charge in [0.2, 0.25) is 12.1 Å². The third kappa shape index (κ3) is 3.71. The van der Waals surface area contributed by atoms with Gasteiger partial charge in [-0.3, -0.25) is 10.1 Å². The van der Waals surface area contributed by atoms with Crippen molar-refractivity contribution in [2.45, 2.75) is 6.17 Å². The molecule has 0 aliphatic rings. The molecule has 0 aromatic rings. The Morgan fingerprint density at radius 1 is 1.46 bits per heavy atom. The van der Waals surface area contributed by atoms with Crippen molar-refractivity contribution in [3.8, 4) is 0 Å². The van der Waals surface area contributed by atoms with E-state index in [1.54, 1.807) is 21.1 Å². The van der Waals surface area contributed by atoms with Gasteiger partial charge < -0.3 is 14.4 Å². The van der Waals surface area contributed by atoms with Crippen LogP contribution in [-0.4, -0.2) is 43.7 Å². The van der Waals surface area contributed by atoms with Crippen LogP contribution in [0.2, 0.25) is 0 Å². The summed E-state index contributed by atoms with van der Waals surface area (Å²) in [5, 5.41) is 12.9. The van der Waals surface area contributed by atoms with E-state index in [9.17, 15) is 14.7 Å². The Kier molecular flexibility index (Phi) is 3.62. The summed E-state index contributed by atoms with van der Waals surface area (Å²) < 4.78 is 0.0575. The topological polar surface area (TPSA) is 69.2 Å². The maximum Gasteiger partial charge on any atom is 0.248 e. The lowest BCUT2D eigenvalue weighted by Gasteiger charge is -2.34. The summed E-state index contributed by atoms with van der Waals surface area (Å²) in [5.41, 5.74) is 0. The van der Waals surface area contributed by atoms with Crippen molar-refractivity contribution in [2.24, 2.45) is 0 Å². The third-order valence-corrected chi connectivity index (χ3v) is 1.46. The van der Waals surface area contributed by atoms with Crippen LogP contribution in [0.15, 0.2) is 12.7 Å². The maximum absolute atomic E-state index is 10.8. The standard InChI is InChI=1S/C8H14N2O3/c1-5-6(11)9-7(8(12)13)10(2,3)4/h5,7H,1H2,2-4H3,(H-,9,11,12,13). The highest BCUT2D eigenvalue weighted by atomic mass is 16.4. The summed E-state index contributed by atoms with van der Waals surface area (Å²) in [7, 11) is 4.93. The molecule has 0 fully saturated rings. The number of hydrogen-bond acceptors (Lipinski definition) is 3. The van der Waals surface area contributed by atoms with Crippen molar-refractivity contribution in [3.63, 3.8) is 0 Å². The molecule has 0 aliphatic carbocycles. The molecule has 0 saturated carbocycles. The van der Waals surface area contributed by atoms with Crippen LogP contribution in [0.5, 0.6) is 0 Å². The fourth-order valence-corrected chi connectivity index (χ4v) is 0.762. The number of quaternary nitrogens is 1. The Bertz CT molecular complexity index is 230. The number of rotatable bonds is 4. The molecule has 0 spiro atoms. The lowest BCUT2D eigenvalue weighted by molar-refractivity contribution is -0.891. The van der Waals surface area contributed by atoms with Crippen molar-refractivity contribution in [3.05, 3.63) is 12.7 Å². The SMILES string of the molecule is C=CC(=O)NC(C(=O)[O-])[N+](C)(C)C. The third-order valence-electron chi connectivity index (χ3n) is 1.46. The molecule has 0 rings (SSSR count). The Labute approximate surface area is 77.2 Å². The summed E-state index contributed by atoms with van der Waals surface area (Å²) in [6, 6.07) is 0. The number of carboxylic acids is 1. The van der Waals surface area contributed by atoms with Gasteiger partial charge in [-0.15, -0.1) is 0 Å². The molecular weight excluding hydrogens is 172 g/mol. The Balaban J connectivity index is 4.55. The number of hydrogen-bond donors (Lipinski definition) is 1. The lowest BCUT2D eigenvalue weighted by Crippen LogP contribution is -2.62. The molecule has 74 valence electrons. The average molecular weight is 186 g/mol. The first-order valence-electron chi connectivity index (χ1n) is 3.74. The predicted octanol–water partition coefficient (Wildman–Crippen LogP) is -1.93. The minimum absolute atomic E-state index is 0.0575. The first-order valence-corrected chi connectivity index (χ1v) is 3.74. The van der Waals surface area contributed by atoms with E-state index >= 15 is 0 Å². The zero-order valence-electron chi connectivity index (χ0n) is 8.03. The van der Waals surface area contributed by atoms with Gasteiger partial charge in [0.05, 0.1) is 21.1 Å². The number of nitrogens with one attached hydrogen (secondary N) is 1. The molecule has 0 aromatic heterocycles. The fraction of sp³-hybridized carbons (Fsp3) is 0.500. The zero-order valence-corrected chi connectivity index (χ0v) is 8.03. The van der Waals surface area contributed by atoms with Crippen molar-refractivity contribution in [1.82, 2.24) is 5.32 Å². The normalized spacial score (nSPS) is 13.2. The molecule has 1 amide bonds. The number of carbonyl (C=O) groups excluding carboxylic acids is 2. The highest BCUT2D eigenvalue weighted by molar-refractivity contribution is 5.89.